The van der Waals surface area contributed by atoms with Crippen molar-refractivity contribution in [3.8, 4) is 11.5 Å². The molecule has 1 aromatic rings. The third-order valence-electron chi connectivity index (χ3n) is 3.36. The van der Waals surface area contributed by atoms with Gasteiger partial charge in [-0.15, -0.1) is 0 Å². The summed E-state index contributed by atoms with van der Waals surface area (Å²) in [5.74, 6) is -2.26. The zero-order chi connectivity index (χ0) is 17.2. The molecule has 0 bridgehead atoms. The van der Waals surface area contributed by atoms with Gasteiger partial charge in [-0.05, 0) is 19.0 Å². The summed E-state index contributed by atoms with van der Waals surface area (Å²) in [6.07, 6.45) is -0.451. The molecule has 1 aliphatic rings. The van der Waals surface area contributed by atoms with E-state index in [4.69, 9.17) is 22.1 Å². The van der Waals surface area contributed by atoms with E-state index in [2.05, 4.69) is 0 Å². The molecule has 8 nitrogen and oxygen atoms in total. The monoisotopic (exact) mass is 311 g/mol. The molecule has 1 saturated heterocycles. The van der Waals surface area contributed by atoms with E-state index in [0.29, 0.717) is 0 Å². The van der Waals surface area contributed by atoms with Gasteiger partial charge in [0.25, 0.3) is 0 Å². The first-order valence-electron chi connectivity index (χ1n) is 7.23. The number of nitrogens with two attached hydrogens (primary N) is 1. The molecule has 1 aliphatic heterocycles. The highest BCUT2D eigenvalue weighted by Crippen LogP contribution is 2.29. The molecule has 120 valence electrons. The molecule has 1 fully saturated rings. The maximum Gasteiger partial charge on any atom is 0.343 e. The van der Waals surface area contributed by atoms with Crippen LogP contribution in [0.5, 0.6) is 11.5 Å². The summed E-state index contributed by atoms with van der Waals surface area (Å²) in [6, 6.07) is 4.11. The minimum Gasteiger partial charge on any atom is -0.507 e. The van der Waals surface area contributed by atoms with Crippen molar-refractivity contribution < 1.29 is 31.0 Å². The van der Waals surface area contributed by atoms with Crippen molar-refractivity contribution in [2.45, 2.75) is 18.5 Å². The maximum absolute atomic E-state index is 12.1. The molecule has 22 heavy (non-hydrogen) atoms. The second-order valence-corrected chi connectivity index (χ2v) is 5.22. The van der Waals surface area contributed by atoms with Gasteiger partial charge in [0.2, 0.25) is 5.91 Å². The third kappa shape index (κ3) is 2.97. The highest BCUT2D eigenvalue weighted by Gasteiger charge is 2.40. The summed E-state index contributed by atoms with van der Waals surface area (Å²) in [5, 5.41) is 27.8. The van der Waals surface area contributed by atoms with E-state index in [1.807, 2.05) is 0 Å². The van der Waals surface area contributed by atoms with Gasteiger partial charge in [0.15, 0.2) is 0 Å². The van der Waals surface area contributed by atoms with Crippen molar-refractivity contribution >= 4 is 11.9 Å². The number of benzene rings is 1. The number of hydrogen-bond acceptors (Lipinski definition) is 6. The fraction of sp³-hybridized carbons (Fsp3) is 0.429. The van der Waals surface area contributed by atoms with Gasteiger partial charge in [0.05, 0.1) is 19.7 Å². The Labute approximate surface area is 128 Å². The molecule has 0 spiro atoms. The summed E-state index contributed by atoms with van der Waals surface area (Å²) >= 11 is 0. The first-order valence-corrected chi connectivity index (χ1v) is 6.52. The smallest absolute Gasteiger partial charge is 0.343 e. The summed E-state index contributed by atoms with van der Waals surface area (Å²) in [5.41, 5.74) is 3.67. The quantitative estimate of drug-likeness (QED) is 0.570. The number of rotatable bonds is 5. The molecule has 0 aromatic heterocycles. The second kappa shape index (κ2) is 5.82. The molecule has 5 N–H and O–H groups in total. The number of ether oxygens (including phenoxy) is 1. The van der Waals surface area contributed by atoms with E-state index in [1.165, 1.54) is 23.1 Å². The molecule has 1 heterocycles. The van der Waals surface area contributed by atoms with Gasteiger partial charge in [0, 0.05) is 1.37 Å². The highest BCUT2D eigenvalue weighted by molar-refractivity contribution is 5.94. The van der Waals surface area contributed by atoms with Crippen molar-refractivity contribution in [3.63, 3.8) is 0 Å². The van der Waals surface area contributed by atoms with Gasteiger partial charge in [-0.3, -0.25) is 4.79 Å². The normalized spacial score (nSPS) is 18.1. The topological polar surface area (TPSA) is 133 Å². The van der Waals surface area contributed by atoms with Crippen molar-refractivity contribution in [2.24, 2.45) is 5.73 Å². The predicted octanol–water partition coefficient (Wildman–Crippen LogP) is -0.610. The number of amides is 1. The number of hydrogen-bond donors (Lipinski definition) is 4. The van der Waals surface area contributed by atoms with E-state index < -0.39 is 42.8 Å². The summed E-state index contributed by atoms with van der Waals surface area (Å²) < 4.78 is 12.8. The van der Waals surface area contributed by atoms with Gasteiger partial charge in [0.1, 0.15) is 28.7 Å². The Morgan fingerprint density at radius 2 is 2.23 bits per heavy atom. The first kappa shape index (κ1) is 14.6. The van der Waals surface area contributed by atoms with Gasteiger partial charge in [-0.25, -0.2) is 4.79 Å². The fourth-order valence-electron chi connectivity index (χ4n) is 2.07. The number of aliphatic hydroxyl groups excluding tert-OH is 1. The van der Waals surface area contributed by atoms with Crippen LogP contribution in [0.1, 0.15) is 18.6 Å². The molecule has 1 aromatic carbocycles. The van der Waals surface area contributed by atoms with Crippen LogP contribution in [0.25, 0.3) is 0 Å². The van der Waals surface area contributed by atoms with Crippen LogP contribution >= 0.6 is 0 Å². The number of phenols is 1. The summed E-state index contributed by atoms with van der Waals surface area (Å²) in [4.78, 5) is 24.5. The van der Waals surface area contributed by atoms with Gasteiger partial charge in [-0.2, -0.15) is 0 Å². The standard InChI is InChI=1S/C14H18N2O6/c1-14(15,7-17)13(21)16-5-8(6-16)22-10-4-2-3-9(18)11(10)12(19)20/h2-4,8,17-18H,5-7,15H2,1H3,(H,19,20)/t14-/m0/s1/i1D. The van der Waals surface area contributed by atoms with Crippen LogP contribution in [0, 0.1) is 0 Å². The minimum atomic E-state index is -1.64. The molecule has 1 amide bonds. The minimum absolute atomic E-state index is 0.0104. The number of likely N-dealkylation sites (tertiary alicyclic amines) is 1. The second-order valence-electron chi connectivity index (χ2n) is 5.22. The Kier molecular flexibility index (Phi) is 3.86. The van der Waals surface area contributed by atoms with E-state index in [-0.39, 0.29) is 24.4 Å². The lowest BCUT2D eigenvalue weighted by Crippen LogP contribution is -2.64. The molecular weight excluding hydrogens is 292 g/mol. The largest absolute Gasteiger partial charge is 0.507 e. The van der Waals surface area contributed by atoms with Crippen LogP contribution < -0.4 is 10.5 Å². The van der Waals surface area contributed by atoms with E-state index in [0.717, 1.165) is 0 Å². The Morgan fingerprint density at radius 1 is 1.55 bits per heavy atom. The lowest BCUT2D eigenvalue weighted by atomic mass is 10.00. The Hall–Kier alpha value is -2.32. The van der Waals surface area contributed by atoms with E-state index >= 15 is 0 Å². The molecule has 8 heteroatoms. The number of aliphatic hydroxyl groups is 1. The van der Waals surface area contributed by atoms with E-state index in [1.54, 1.807) is 0 Å². The summed E-state index contributed by atoms with van der Waals surface area (Å²) in [6.45, 7) is -0.758. The number of nitrogens with zero attached hydrogens (tertiary/aromatic N) is 1. The Bertz CT molecular complexity index is 613. The van der Waals surface area contributed by atoms with Gasteiger partial charge in [-0.1, -0.05) is 6.07 Å². The van der Waals surface area contributed by atoms with Crippen molar-refractivity contribution in [1.82, 2.24) is 4.90 Å². The number of aromatic carboxylic acids is 1. The van der Waals surface area contributed by atoms with Crippen LogP contribution in [0.3, 0.4) is 0 Å². The average Bonchev–Trinajstić information content (AvgIpc) is 2.48. The van der Waals surface area contributed by atoms with Crippen LogP contribution in [0.2, 0.25) is 0 Å². The number of aromatic hydroxyl groups is 1. The molecule has 0 aliphatic carbocycles. The van der Waals surface area contributed by atoms with Crippen LogP contribution in [-0.4, -0.2) is 63.4 Å². The number of carbonyl (C=O) groups is 2. The third-order valence-corrected chi connectivity index (χ3v) is 3.36. The van der Waals surface area contributed by atoms with Gasteiger partial charge < -0.3 is 30.7 Å². The van der Waals surface area contributed by atoms with Gasteiger partial charge >= 0.3 is 5.97 Å². The molecule has 0 unspecified atom stereocenters. The summed E-state index contributed by atoms with van der Waals surface area (Å²) in [7, 11) is 0. The number of carboxylic acids is 1. The molecule has 1 atom stereocenters. The van der Waals surface area contributed by atoms with Crippen molar-refractivity contribution in [3.05, 3.63) is 23.8 Å². The average molecular weight is 311 g/mol. The SMILES string of the molecule is [2H]C[C@](N)(CO)C(=O)N1CC(Oc2cccc(O)c2C(=O)O)C1. The molecule has 0 saturated carbocycles. The molecular formula is C14H18N2O6. The van der Waals surface area contributed by atoms with E-state index in [9.17, 15) is 14.7 Å². The molecule has 0 radical (unpaired) electrons. The lowest BCUT2D eigenvalue weighted by molar-refractivity contribution is -0.146. The maximum atomic E-state index is 12.1. The van der Waals surface area contributed by atoms with Crippen molar-refractivity contribution in [2.75, 3.05) is 19.7 Å². The van der Waals surface area contributed by atoms with Crippen molar-refractivity contribution in [1.29, 1.82) is 0 Å². The van der Waals surface area contributed by atoms with Crippen LogP contribution in [-0.2, 0) is 4.79 Å². The first-order chi connectivity index (χ1) is 10.8. The zero-order valence-corrected chi connectivity index (χ0v) is 11.7. The number of carbonyl (C=O) groups excluding carboxylic acids is 1. The Morgan fingerprint density at radius 3 is 2.77 bits per heavy atom. The lowest BCUT2D eigenvalue weighted by Gasteiger charge is -2.42. The molecule has 2 rings (SSSR count). The fourth-order valence-corrected chi connectivity index (χ4v) is 2.07. The Balaban J connectivity index is 2.01. The van der Waals surface area contributed by atoms with Crippen LogP contribution in [0.4, 0.5) is 0 Å². The number of carboxylic acid groups (broad SMARTS) is 1. The van der Waals surface area contributed by atoms with Crippen LogP contribution in [0.15, 0.2) is 18.2 Å². The predicted molar refractivity (Wildman–Crippen MR) is 75.7 cm³/mol. The zero-order valence-electron chi connectivity index (χ0n) is 12.7. The highest BCUT2D eigenvalue weighted by atomic mass is 16.5.